The van der Waals surface area contributed by atoms with Crippen LogP contribution in [-0.2, 0) is 0 Å². The van der Waals surface area contributed by atoms with E-state index >= 15 is 0 Å². The number of aryl methyl sites for hydroxylation is 1. The molecule has 2 aromatic carbocycles. The van der Waals surface area contributed by atoms with E-state index in [-0.39, 0.29) is 5.43 Å². The Balaban J connectivity index is 2.36. The van der Waals surface area contributed by atoms with Gasteiger partial charge >= 0.3 is 0 Å². The number of hydrogen-bond donors (Lipinski definition) is 1. The van der Waals surface area contributed by atoms with Gasteiger partial charge in [0.2, 0.25) is 0 Å². The topological polar surface area (TPSA) is 32.9 Å². The summed E-state index contributed by atoms with van der Waals surface area (Å²) in [5, 5.41) is 0.723. The van der Waals surface area contributed by atoms with Crippen LogP contribution in [0.1, 0.15) is 5.56 Å². The molecule has 1 aromatic heterocycles. The molecule has 0 aliphatic rings. The number of pyridine rings is 1. The largest absolute Gasteiger partial charge is 0.354 e. The minimum atomic E-state index is 0.0446. The van der Waals surface area contributed by atoms with Crippen molar-refractivity contribution in [1.82, 2.24) is 4.98 Å². The Morgan fingerprint density at radius 2 is 1.79 bits per heavy atom. The van der Waals surface area contributed by atoms with Crippen molar-refractivity contribution in [2.75, 3.05) is 0 Å². The number of halogens is 1. The zero-order valence-corrected chi connectivity index (χ0v) is 12.0. The van der Waals surface area contributed by atoms with Gasteiger partial charge in [0.25, 0.3) is 0 Å². The molecule has 3 aromatic rings. The van der Waals surface area contributed by atoms with Crippen LogP contribution in [0.15, 0.2) is 57.8 Å². The Bertz CT molecular complexity index is 806. The number of aromatic amines is 1. The van der Waals surface area contributed by atoms with E-state index in [2.05, 4.69) is 20.9 Å². The lowest BCUT2D eigenvalue weighted by atomic mass is 10.1. The molecule has 0 fully saturated rings. The van der Waals surface area contributed by atoms with Crippen LogP contribution in [0, 0.1) is 6.92 Å². The lowest BCUT2D eigenvalue weighted by molar-refractivity contribution is 1.33. The summed E-state index contributed by atoms with van der Waals surface area (Å²) in [7, 11) is 0. The highest BCUT2D eigenvalue weighted by Crippen LogP contribution is 2.25. The standard InChI is InChI=1S/C16H12BrNO/c1-10-13(17)8-7-12-15(19)9-14(18-16(10)12)11-5-3-2-4-6-11/h2-9H,1H3,(H,18,19). The van der Waals surface area contributed by atoms with Gasteiger partial charge in [-0.05, 0) is 30.2 Å². The average Bonchev–Trinajstić information content (AvgIpc) is 2.44. The first kappa shape index (κ1) is 12.2. The molecule has 0 amide bonds. The van der Waals surface area contributed by atoms with E-state index < -0.39 is 0 Å². The Labute approximate surface area is 119 Å². The Hall–Kier alpha value is -1.87. The molecular weight excluding hydrogens is 302 g/mol. The van der Waals surface area contributed by atoms with Crippen LogP contribution >= 0.6 is 15.9 Å². The summed E-state index contributed by atoms with van der Waals surface area (Å²) in [6.45, 7) is 2.00. The maximum absolute atomic E-state index is 12.2. The van der Waals surface area contributed by atoms with Gasteiger partial charge in [0.15, 0.2) is 5.43 Å². The van der Waals surface area contributed by atoms with Crippen molar-refractivity contribution >= 4 is 26.8 Å². The second kappa shape index (κ2) is 4.67. The molecule has 0 unspecified atom stereocenters. The van der Waals surface area contributed by atoms with Crippen LogP contribution in [0.4, 0.5) is 0 Å². The van der Waals surface area contributed by atoms with Gasteiger partial charge in [-0.3, -0.25) is 4.79 Å². The summed E-state index contributed by atoms with van der Waals surface area (Å²) in [4.78, 5) is 15.6. The Morgan fingerprint density at radius 3 is 2.53 bits per heavy atom. The van der Waals surface area contributed by atoms with E-state index in [0.29, 0.717) is 0 Å². The minimum Gasteiger partial charge on any atom is -0.354 e. The van der Waals surface area contributed by atoms with Crippen LogP contribution in [0.5, 0.6) is 0 Å². The van der Waals surface area contributed by atoms with E-state index in [9.17, 15) is 4.79 Å². The number of nitrogens with one attached hydrogen (secondary N) is 1. The fourth-order valence-electron chi connectivity index (χ4n) is 2.21. The first-order chi connectivity index (χ1) is 9.16. The van der Waals surface area contributed by atoms with Gasteiger partial charge in [-0.25, -0.2) is 0 Å². The summed E-state index contributed by atoms with van der Waals surface area (Å²) >= 11 is 3.50. The molecule has 0 atom stereocenters. The molecule has 0 bridgehead atoms. The molecular formula is C16H12BrNO. The predicted octanol–water partition coefficient (Wildman–Crippen LogP) is 4.27. The van der Waals surface area contributed by atoms with Crippen LogP contribution in [0.2, 0.25) is 0 Å². The first-order valence-electron chi connectivity index (χ1n) is 6.04. The number of benzene rings is 2. The Morgan fingerprint density at radius 1 is 1.05 bits per heavy atom. The second-order valence-electron chi connectivity index (χ2n) is 4.51. The molecule has 1 N–H and O–H groups in total. The fourth-order valence-corrected chi connectivity index (χ4v) is 2.54. The van der Waals surface area contributed by atoms with Gasteiger partial charge in [0, 0.05) is 21.6 Å². The van der Waals surface area contributed by atoms with Crippen molar-refractivity contribution in [2.45, 2.75) is 6.92 Å². The maximum Gasteiger partial charge on any atom is 0.190 e. The van der Waals surface area contributed by atoms with Crippen LogP contribution in [0.25, 0.3) is 22.2 Å². The van der Waals surface area contributed by atoms with Gasteiger partial charge in [0.1, 0.15) is 0 Å². The average molecular weight is 314 g/mol. The van der Waals surface area contributed by atoms with E-state index in [0.717, 1.165) is 32.2 Å². The maximum atomic E-state index is 12.2. The summed E-state index contributed by atoms with van der Waals surface area (Å²) in [6.07, 6.45) is 0. The molecule has 2 nitrogen and oxygen atoms in total. The molecule has 0 saturated heterocycles. The number of rotatable bonds is 1. The van der Waals surface area contributed by atoms with E-state index in [1.54, 1.807) is 6.07 Å². The molecule has 3 heteroatoms. The Kier molecular flexibility index (Phi) is 2.99. The summed E-state index contributed by atoms with van der Waals surface area (Å²) < 4.78 is 1.00. The van der Waals surface area contributed by atoms with Crippen molar-refractivity contribution in [2.24, 2.45) is 0 Å². The monoisotopic (exact) mass is 313 g/mol. The summed E-state index contributed by atoms with van der Waals surface area (Å²) in [5.74, 6) is 0. The normalized spacial score (nSPS) is 10.8. The molecule has 0 aliphatic heterocycles. The molecule has 94 valence electrons. The van der Waals surface area contributed by atoms with E-state index in [4.69, 9.17) is 0 Å². The van der Waals surface area contributed by atoms with Crippen molar-refractivity contribution in [3.05, 3.63) is 68.8 Å². The SMILES string of the molecule is Cc1c(Br)ccc2c(=O)cc(-c3ccccc3)[nH]c12. The highest BCUT2D eigenvalue weighted by molar-refractivity contribution is 9.10. The zero-order chi connectivity index (χ0) is 13.4. The second-order valence-corrected chi connectivity index (χ2v) is 5.36. The first-order valence-corrected chi connectivity index (χ1v) is 6.83. The van der Waals surface area contributed by atoms with Crippen molar-refractivity contribution in [3.8, 4) is 11.3 Å². The smallest absolute Gasteiger partial charge is 0.190 e. The molecule has 1 heterocycles. The van der Waals surface area contributed by atoms with Gasteiger partial charge < -0.3 is 4.98 Å². The molecule has 0 spiro atoms. The highest BCUT2D eigenvalue weighted by atomic mass is 79.9. The predicted molar refractivity (Wildman–Crippen MR) is 82.4 cm³/mol. The summed E-state index contributed by atoms with van der Waals surface area (Å²) in [5.41, 5.74) is 3.84. The van der Waals surface area contributed by atoms with Crippen LogP contribution < -0.4 is 5.43 Å². The lowest BCUT2D eigenvalue weighted by Gasteiger charge is -2.08. The van der Waals surface area contributed by atoms with Gasteiger partial charge in [0.05, 0.1) is 5.52 Å². The van der Waals surface area contributed by atoms with E-state index in [1.165, 1.54) is 0 Å². The zero-order valence-electron chi connectivity index (χ0n) is 10.4. The third kappa shape index (κ3) is 2.10. The molecule has 0 aliphatic carbocycles. The third-order valence-electron chi connectivity index (χ3n) is 3.28. The number of H-pyrrole nitrogens is 1. The van der Waals surface area contributed by atoms with E-state index in [1.807, 2.05) is 49.4 Å². The molecule has 0 saturated carbocycles. The van der Waals surface area contributed by atoms with Crippen molar-refractivity contribution in [1.29, 1.82) is 0 Å². The van der Waals surface area contributed by atoms with Gasteiger partial charge in [-0.15, -0.1) is 0 Å². The molecule has 0 radical (unpaired) electrons. The summed E-state index contributed by atoms with van der Waals surface area (Å²) in [6, 6.07) is 15.3. The lowest BCUT2D eigenvalue weighted by Crippen LogP contribution is -2.04. The number of aromatic nitrogens is 1. The van der Waals surface area contributed by atoms with Gasteiger partial charge in [-0.2, -0.15) is 0 Å². The van der Waals surface area contributed by atoms with Gasteiger partial charge in [-0.1, -0.05) is 46.3 Å². The third-order valence-corrected chi connectivity index (χ3v) is 4.14. The van der Waals surface area contributed by atoms with Crippen molar-refractivity contribution < 1.29 is 0 Å². The highest BCUT2D eigenvalue weighted by Gasteiger charge is 2.07. The number of hydrogen-bond acceptors (Lipinski definition) is 1. The minimum absolute atomic E-state index is 0.0446. The number of fused-ring (bicyclic) bond motifs is 1. The fraction of sp³-hybridized carbons (Fsp3) is 0.0625. The molecule has 3 rings (SSSR count). The van der Waals surface area contributed by atoms with Crippen LogP contribution in [0.3, 0.4) is 0 Å². The quantitative estimate of drug-likeness (QED) is 0.715. The van der Waals surface area contributed by atoms with Crippen molar-refractivity contribution in [3.63, 3.8) is 0 Å². The molecule has 19 heavy (non-hydrogen) atoms. The van der Waals surface area contributed by atoms with Crippen LogP contribution in [-0.4, -0.2) is 4.98 Å².